The van der Waals surface area contributed by atoms with Gasteiger partial charge < -0.3 is 20.1 Å². The minimum atomic E-state index is -4.83. The molecule has 11 heteroatoms. The largest absolute Gasteiger partial charge is 0.573 e. The van der Waals surface area contributed by atoms with Gasteiger partial charge in [0.2, 0.25) is 0 Å². The molecule has 2 aromatic carbocycles. The van der Waals surface area contributed by atoms with Crippen molar-refractivity contribution in [2.75, 3.05) is 6.54 Å². The summed E-state index contributed by atoms with van der Waals surface area (Å²) in [5, 5.41) is 11.5. The third kappa shape index (κ3) is 9.14. The SMILES string of the molecule is CC(C)(C)CC[C@H](c1ccc(C(=O)NCCC(=O)O)cc1)N1C(=O)C(c2ccc(OC(F)(F)F)cc2)=NC12CCC(C(C)(C)C)CC2. The summed E-state index contributed by atoms with van der Waals surface area (Å²) in [5.41, 5.74) is 1.07. The molecule has 0 aromatic heterocycles. The first-order chi connectivity index (χ1) is 21.8. The molecule has 1 aliphatic carbocycles. The zero-order valence-corrected chi connectivity index (χ0v) is 28.0. The fourth-order valence-corrected chi connectivity index (χ4v) is 6.60. The number of rotatable bonds is 10. The lowest BCUT2D eigenvalue weighted by atomic mass is 9.69. The number of halogens is 3. The van der Waals surface area contributed by atoms with Crippen LogP contribution in [0.2, 0.25) is 0 Å². The van der Waals surface area contributed by atoms with Crippen molar-refractivity contribution in [3.8, 4) is 5.75 Å². The van der Waals surface area contributed by atoms with Gasteiger partial charge in [-0.3, -0.25) is 19.4 Å². The van der Waals surface area contributed by atoms with Gasteiger partial charge in [-0.05, 0) is 97.2 Å². The molecule has 0 saturated heterocycles. The van der Waals surface area contributed by atoms with Crippen LogP contribution in [0.4, 0.5) is 13.2 Å². The highest BCUT2D eigenvalue weighted by molar-refractivity contribution is 6.46. The first-order valence-corrected chi connectivity index (χ1v) is 16.2. The standard InChI is InChI=1S/C36H46F3N3O5/c1-33(2,3)19-17-28(23-7-9-25(10-8-23)31(45)40-22-18-29(43)44)42-32(46)30(24-11-13-27(14-12-24)47-36(37,38)39)41-35(42)20-15-26(16-21-35)34(4,5)6/h7-14,26,28H,15-22H2,1-6H3,(H,40,45)(H,43,44)/t26?,28-,35?/m1/s1. The third-order valence-electron chi connectivity index (χ3n) is 9.22. The molecule has 8 nitrogen and oxygen atoms in total. The van der Waals surface area contributed by atoms with Gasteiger partial charge in [-0.1, -0.05) is 53.7 Å². The minimum absolute atomic E-state index is 0.00785. The van der Waals surface area contributed by atoms with E-state index in [-0.39, 0.29) is 53.1 Å². The Morgan fingerprint density at radius 2 is 1.60 bits per heavy atom. The van der Waals surface area contributed by atoms with Gasteiger partial charge in [0.1, 0.15) is 17.1 Å². The van der Waals surface area contributed by atoms with Crippen molar-refractivity contribution in [1.29, 1.82) is 0 Å². The van der Waals surface area contributed by atoms with E-state index in [4.69, 9.17) is 10.1 Å². The first-order valence-electron chi connectivity index (χ1n) is 16.2. The van der Waals surface area contributed by atoms with Crippen LogP contribution in [-0.2, 0) is 9.59 Å². The number of carbonyl (C=O) groups excluding carboxylic acids is 2. The number of carboxylic acid groups (broad SMARTS) is 1. The third-order valence-corrected chi connectivity index (χ3v) is 9.22. The van der Waals surface area contributed by atoms with Crippen LogP contribution in [0.25, 0.3) is 0 Å². The number of ether oxygens (including phenoxy) is 1. The van der Waals surface area contributed by atoms with Crippen molar-refractivity contribution < 1.29 is 37.4 Å². The summed E-state index contributed by atoms with van der Waals surface area (Å²) in [5.74, 6) is -1.61. The van der Waals surface area contributed by atoms with E-state index in [0.717, 1.165) is 24.8 Å². The number of hydrogen-bond acceptors (Lipinski definition) is 5. The Morgan fingerprint density at radius 1 is 1.00 bits per heavy atom. The Morgan fingerprint density at radius 3 is 2.11 bits per heavy atom. The maximum Gasteiger partial charge on any atom is 0.573 e. The molecule has 0 unspecified atom stereocenters. The van der Waals surface area contributed by atoms with Crippen molar-refractivity contribution in [3.63, 3.8) is 0 Å². The molecule has 1 aliphatic heterocycles. The van der Waals surface area contributed by atoms with Gasteiger partial charge in [0.05, 0.1) is 12.5 Å². The van der Waals surface area contributed by atoms with Gasteiger partial charge in [0.15, 0.2) is 0 Å². The fraction of sp³-hybridized carbons (Fsp3) is 0.556. The summed E-state index contributed by atoms with van der Waals surface area (Å²) in [4.78, 5) is 45.1. The summed E-state index contributed by atoms with van der Waals surface area (Å²) < 4.78 is 42.5. The van der Waals surface area contributed by atoms with Crippen LogP contribution in [0.15, 0.2) is 53.5 Å². The maximum absolute atomic E-state index is 14.5. The fourth-order valence-electron chi connectivity index (χ4n) is 6.60. The quantitative estimate of drug-likeness (QED) is 0.270. The predicted molar refractivity (Wildman–Crippen MR) is 173 cm³/mol. The smallest absolute Gasteiger partial charge is 0.481 e. The number of benzene rings is 2. The molecule has 256 valence electrons. The molecular weight excluding hydrogens is 611 g/mol. The average molecular weight is 658 g/mol. The first kappa shape index (κ1) is 36.0. The van der Waals surface area contributed by atoms with E-state index in [0.29, 0.717) is 36.3 Å². The summed E-state index contributed by atoms with van der Waals surface area (Å²) >= 11 is 0. The second-order valence-corrected chi connectivity index (χ2v) is 15.0. The van der Waals surface area contributed by atoms with E-state index < -0.39 is 18.0 Å². The summed E-state index contributed by atoms with van der Waals surface area (Å²) in [7, 11) is 0. The van der Waals surface area contributed by atoms with Crippen molar-refractivity contribution in [3.05, 3.63) is 65.2 Å². The molecule has 4 rings (SSSR count). The van der Waals surface area contributed by atoms with Crippen LogP contribution in [0, 0.1) is 16.7 Å². The van der Waals surface area contributed by atoms with Crippen molar-refractivity contribution in [1.82, 2.24) is 10.2 Å². The molecule has 1 fully saturated rings. The summed E-state index contributed by atoms with van der Waals surface area (Å²) in [6.45, 7) is 13.1. The van der Waals surface area contributed by atoms with Crippen LogP contribution >= 0.6 is 0 Å². The van der Waals surface area contributed by atoms with Gasteiger partial charge in [0, 0.05) is 17.7 Å². The average Bonchev–Trinajstić information content (AvgIpc) is 3.23. The maximum atomic E-state index is 14.5. The lowest BCUT2D eigenvalue weighted by Gasteiger charge is -2.47. The number of nitrogens with one attached hydrogen (secondary N) is 1. The van der Waals surface area contributed by atoms with Crippen LogP contribution in [-0.4, -0.2) is 52.1 Å². The molecule has 1 atom stereocenters. The molecule has 2 amide bonds. The second kappa shape index (κ2) is 13.7. The monoisotopic (exact) mass is 657 g/mol. The zero-order chi connectivity index (χ0) is 34.8. The zero-order valence-electron chi connectivity index (χ0n) is 28.0. The van der Waals surface area contributed by atoms with Crippen molar-refractivity contribution in [2.24, 2.45) is 21.7 Å². The number of aliphatic imine (C=N–C) groups is 1. The van der Waals surface area contributed by atoms with E-state index in [1.165, 1.54) is 24.3 Å². The van der Waals surface area contributed by atoms with Gasteiger partial charge in [-0.15, -0.1) is 13.2 Å². The molecule has 1 heterocycles. The Labute approximate surface area is 274 Å². The number of nitrogens with zero attached hydrogens (tertiary/aromatic N) is 2. The normalized spacial score (nSPS) is 21.0. The molecule has 1 saturated carbocycles. The van der Waals surface area contributed by atoms with Crippen LogP contribution in [0.1, 0.15) is 114 Å². The number of aliphatic carboxylic acids is 1. The van der Waals surface area contributed by atoms with Gasteiger partial charge in [-0.25, -0.2) is 0 Å². The van der Waals surface area contributed by atoms with Crippen molar-refractivity contribution >= 4 is 23.5 Å². The molecule has 47 heavy (non-hydrogen) atoms. The molecule has 0 bridgehead atoms. The molecule has 0 radical (unpaired) electrons. The number of hydrogen-bond donors (Lipinski definition) is 2. The second-order valence-electron chi connectivity index (χ2n) is 15.0. The van der Waals surface area contributed by atoms with E-state index in [9.17, 15) is 27.6 Å². The molecule has 2 aromatic rings. The van der Waals surface area contributed by atoms with E-state index in [2.05, 4.69) is 51.6 Å². The number of amides is 2. The minimum Gasteiger partial charge on any atom is -0.481 e. The predicted octanol–water partition coefficient (Wildman–Crippen LogP) is 7.92. The number of alkyl halides is 3. The van der Waals surface area contributed by atoms with Crippen LogP contribution in [0.3, 0.4) is 0 Å². The highest BCUT2D eigenvalue weighted by Gasteiger charge is 2.52. The van der Waals surface area contributed by atoms with E-state index in [1.54, 1.807) is 12.1 Å². The molecule has 1 spiro atoms. The molecular formula is C36H46F3N3O5. The number of carboxylic acids is 1. The topological polar surface area (TPSA) is 108 Å². The highest BCUT2D eigenvalue weighted by Crippen LogP contribution is 2.50. The van der Waals surface area contributed by atoms with Crippen molar-refractivity contribution in [2.45, 2.75) is 105 Å². The molecule has 2 aliphatic rings. The van der Waals surface area contributed by atoms with Gasteiger partial charge in [-0.2, -0.15) is 0 Å². The Hall–Kier alpha value is -3.89. The molecule has 2 N–H and O–H groups in total. The van der Waals surface area contributed by atoms with E-state index >= 15 is 0 Å². The lowest BCUT2D eigenvalue weighted by Crippen LogP contribution is -2.51. The van der Waals surface area contributed by atoms with E-state index in [1.807, 2.05) is 17.0 Å². The summed E-state index contributed by atoms with van der Waals surface area (Å²) in [6.07, 6.45) is -0.569. The Bertz CT molecular complexity index is 1460. The van der Waals surface area contributed by atoms with Crippen LogP contribution in [0.5, 0.6) is 5.75 Å². The highest BCUT2D eigenvalue weighted by atomic mass is 19.4. The number of carbonyl (C=O) groups is 3. The summed E-state index contributed by atoms with van der Waals surface area (Å²) in [6, 6.07) is 11.9. The van der Waals surface area contributed by atoms with Gasteiger partial charge in [0.25, 0.3) is 11.8 Å². The Kier molecular flexibility index (Phi) is 10.5. The van der Waals surface area contributed by atoms with Gasteiger partial charge >= 0.3 is 12.3 Å². The lowest BCUT2D eigenvalue weighted by molar-refractivity contribution is -0.274. The Balaban J connectivity index is 1.72. The van der Waals surface area contributed by atoms with Crippen LogP contribution < -0.4 is 10.1 Å².